The molecule has 22 heavy (non-hydrogen) atoms. The van der Waals surface area contributed by atoms with Gasteiger partial charge in [-0.05, 0) is 25.0 Å². The zero-order valence-corrected chi connectivity index (χ0v) is 13.0. The van der Waals surface area contributed by atoms with E-state index in [-0.39, 0.29) is 23.6 Å². The van der Waals surface area contributed by atoms with Crippen molar-refractivity contribution in [1.82, 2.24) is 15.6 Å². The summed E-state index contributed by atoms with van der Waals surface area (Å²) in [6, 6.07) is 2.94. The Kier molecular flexibility index (Phi) is 6.03. The van der Waals surface area contributed by atoms with Crippen LogP contribution < -0.4 is 10.6 Å². The second-order valence-electron chi connectivity index (χ2n) is 5.02. The molecule has 0 saturated heterocycles. The van der Waals surface area contributed by atoms with Crippen molar-refractivity contribution in [3.8, 4) is 0 Å². The van der Waals surface area contributed by atoms with Crippen molar-refractivity contribution in [2.45, 2.75) is 38.6 Å². The van der Waals surface area contributed by atoms with Gasteiger partial charge in [0, 0.05) is 13.2 Å². The molecular weight excluding hydrogens is 286 g/mol. The molecule has 3 N–H and O–H groups in total. The highest BCUT2D eigenvalue weighted by molar-refractivity contribution is 5.96. The van der Waals surface area contributed by atoms with Gasteiger partial charge in [0.2, 0.25) is 0 Å². The Morgan fingerprint density at radius 1 is 1.18 bits per heavy atom. The van der Waals surface area contributed by atoms with E-state index >= 15 is 0 Å². The predicted octanol–water partition coefficient (Wildman–Crippen LogP) is 1.20. The number of carboxylic acids is 1. The Morgan fingerprint density at radius 3 is 2.23 bits per heavy atom. The van der Waals surface area contributed by atoms with Crippen LogP contribution in [0.5, 0.6) is 0 Å². The Balaban J connectivity index is 2.90. The zero-order valence-electron chi connectivity index (χ0n) is 13.0. The monoisotopic (exact) mass is 307 g/mol. The van der Waals surface area contributed by atoms with E-state index in [1.165, 1.54) is 25.4 Å². The van der Waals surface area contributed by atoms with Gasteiger partial charge in [0.1, 0.15) is 5.69 Å². The van der Waals surface area contributed by atoms with Crippen LogP contribution in [0.1, 0.15) is 54.0 Å². The second-order valence-corrected chi connectivity index (χ2v) is 5.02. The SMILES string of the molecule is CCC(CC)(CC(=O)O)NC(=O)c1ccc(C(=O)NC)nc1. The topological polar surface area (TPSA) is 108 Å². The third kappa shape index (κ3) is 4.28. The van der Waals surface area contributed by atoms with E-state index < -0.39 is 17.4 Å². The van der Waals surface area contributed by atoms with Gasteiger partial charge in [-0.3, -0.25) is 19.4 Å². The molecule has 120 valence electrons. The van der Waals surface area contributed by atoms with E-state index in [1.54, 1.807) is 0 Å². The molecule has 0 spiro atoms. The number of nitrogens with zero attached hydrogens (tertiary/aromatic N) is 1. The van der Waals surface area contributed by atoms with Crippen molar-refractivity contribution in [1.29, 1.82) is 0 Å². The van der Waals surface area contributed by atoms with Crippen molar-refractivity contribution in [3.63, 3.8) is 0 Å². The first kappa shape index (κ1) is 17.6. The first-order valence-electron chi connectivity index (χ1n) is 7.10. The first-order valence-corrected chi connectivity index (χ1v) is 7.10. The lowest BCUT2D eigenvalue weighted by Gasteiger charge is -2.31. The van der Waals surface area contributed by atoms with Crippen molar-refractivity contribution in [3.05, 3.63) is 29.6 Å². The number of amides is 2. The van der Waals surface area contributed by atoms with Crippen LogP contribution in [0.25, 0.3) is 0 Å². The van der Waals surface area contributed by atoms with Gasteiger partial charge in [0.25, 0.3) is 11.8 Å². The number of aromatic nitrogens is 1. The maximum atomic E-state index is 12.3. The van der Waals surface area contributed by atoms with Crippen molar-refractivity contribution in [2.24, 2.45) is 0 Å². The number of carbonyl (C=O) groups excluding carboxylic acids is 2. The normalized spacial score (nSPS) is 10.9. The summed E-state index contributed by atoms with van der Waals surface area (Å²) in [5.74, 6) is -1.70. The summed E-state index contributed by atoms with van der Waals surface area (Å²) in [6.45, 7) is 3.67. The molecule has 0 bridgehead atoms. The summed E-state index contributed by atoms with van der Waals surface area (Å²) in [5, 5.41) is 14.2. The number of rotatable bonds is 7. The van der Waals surface area contributed by atoms with Gasteiger partial charge in [-0.1, -0.05) is 13.8 Å². The summed E-state index contributed by atoms with van der Waals surface area (Å²) in [6.07, 6.45) is 2.17. The molecule has 0 saturated carbocycles. The maximum absolute atomic E-state index is 12.3. The molecule has 0 aromatic carbocycles. The lowest BCUT2D eigenvalue weighted by Crippen LogP contribution is -2.49. The van der Waals surface area contributed by atoms with Gasteiger partial charge in [0.15, 0.2) is 0 Å². The molecule has 1 aromatic rings. The third-order valence-electron chi connectivity index (χ3n) is 3.71. The summed E-state index contributed by atoms with van der Waals surface area (Å²) < 4.78 is 0. The van der Waals surface area contributed by atoms with E-state index in [4.69, 9.17) is 5.11 Å². The van der Waals surface area contributed by atoms with Crippen LogP contribution in [0.3, 0.4) is 0 Å². The number of hydrogen-bond acceptors (Lipinski definition) is 4. The van der Waals surface area contributed by atoms with Crippen LogP contribution >= 0.6 is 0 Å². The molecule has 0 fully saturated rings. The van der Waals surface area contributed by atoms with Crippen LogP contribution in [0.4, 0.5) is 0 Å². The fourth-order valence-electron chi connectivity index (χ4n) is 2.11. The average molecular weight is 307 g/mol. The number of pyridine rings is 1. The van der Waals surface area contributed by atoms with Gasteiger partial charge in [-0.25, -0.2) is 0 Å². The summed E-state index contributed by atoms with van der Waals surface area (Å²) >= 11 is 0. The first-order chi connectivity index (χ1) is 10.4. The summed E-state index contributed by atoms with van der Waals surface area (Å²) in [7, 11) is 1.49. The molecule has 1 heterocycles. The standard InChI is InChI=1S/C15H21N3O4/c1-4-15(5-2,8-12(19)20)18-13(21)10-6-7-11(17-9-10)14(22)16-3/h6-7,9H,4-5,8H2,1-3H3,(H,16,22)(H,18,21)(H,19,20). The fraction of sp³-hybridized carbons (Fsp3) is 0.467. The van der Waals surface area contributed by atoms with E-state index in [0.29, 0.717) is 12.8 Å². The number of aliphatic carboxylic acids is 1. The summed E-state index contributed by atoms with van der Waals surface area (Å²) in [5.41, 5.74) is -0.297. The van der Waals surface area contributed by atoms with Gasteiger partial charge in [0.05, 0.1) is 17.5 Å². The van der Waals surface area contributed by atoms with Crippen LogP contribution in [0.15, 0.2) is 18.3 Å². The largest absolute Gasteiger partial charge is 0.481 e. The molecule has 0 aliphatic heterocycles. The highest BCUT2D eigenvalue weighted by Gasteiger charge is 2.31. The third-order valence-corrected chi connectivity index (χ3v) is 3.71. The molecule has 0 unspecified atom stereocenters. The van der Waals surface area contributed by atoms with Crippen LogP contribution in [0, 0.1) is 0 Å². The molecule has 1 aromatic heterocycles. The maximum Gasteiger partial charge on any atom is 0.305 e. The zero-order chi connectivity index (χ0) is 16.8. The van der Waals surface area contributed by atoms with E-state index in [2.05, 4.69) is 15.6 Å². The second kappa shape index (κ2) is 7.53. The highest BCUT2D eigenvalue weighted by atomic mass is 16.4. The van der Waals surface area contributed by atoms with Gasteiger partial charge < -0.3 is 15.7 Å². The predicted molar refractivity (Wildman–Crippen MR) is 80.7 cm³/mol. The summed E-state index contributed by atoms with van der Waals surface area (Å²) in [4.78, 5) is 38.6. The van der Waals surface area contributed by atoms with E-state index in [9.17, 15) is 14.4 Å². The quantitative estimate of drug-likeness (QED) is 0.701. The van der Waals surface area contributed by atoms with Crippen molar-refractivity contribution in [2.75, 3.05) is 7.05 Å². The Labute approximate surface area is 129 Å². The molecule has 2 amide bonds. The molecule has 7 heteroatoms. The number of carbonyl (C=O) groups is 3. The minimum Gasteiger partial charge on any atom is -0.481 e. The molecular formula is C15H21N3O4. The number of nitrogens with one attached hydrogen (secondary N) is 2. The average Bonchev–Trinajstić information content (AvgIpc) is 2.52. The lowest BCUT2D eigenvalue weighted by atomic mass is 9.88. The number of carboxylic acid groups (broad SMARTS) is 1. The van der Waals surface area contributed by atoms with Gasteiger partial charge >= 0.3 is 5.97 Å². The molecule has 0 radical (unpaired) electrons. The lowest BCUT2D eigenvalue weighted by molar-refractivity contribution is -0.138. The van der Waals surface area contributed by atoms with E-state index in [1.807, 2.05) is 13.8 Å². The van der Waals surface area contributed by atoms with Crippen LogP contribution in [-0.4, -0.2) is 40.5 Å². The minimum atomic E-state index is -0.961. The Hall–Kier alpha value is -2.44. The van der Waals surface area contributed by atoms with E-state index in [0.717, 1.165) is 0 Å². The minimum absolute atomic E-state index is 0.143. The fourth-order valence-corrected chi connectivity index (χ4v) is 2.11. The van der Waals surface area contributed by atoms with Crippen molar-refractivity contribution < 1.29 is 19.5 Å². The van der Waals surface area contributed by atoms with Crippen molar-refractivity contribution >= 4 is 17.8 Å². The molecule has 7 nitrogen and oxygen atoms in total. The molecule has 1 rings (SSSR count). The Bertz CT molecular complexity index is 550. The van der Waals surface area contributed by atoms with Crippen LogP contribution in [-0.2, 0) is 4.79 Å². The molecule has 0 atom stereocenters. The highest BCUT2D eigenvalue weighted by Crippen LogP contribution is 2.20. The Morgan fingerprint density at radius 2 is 1.82 bits per heavy atom. The molecule has 0 aliphatic rings. The van der Waals surface area contributed by atoms with Crippen LogP contribution in [0.2, 0.25) is 0 Å². The van der Waals surface area contributed by atoms with Gasteiger partial charge in [-0.2, -0.15) is 0 Å². The smallest absolute Gasteiger partial charge is 0.305 e. The van der Waals surface area contributed by atoms with Gasteiger partial charge in [-0.15, -0.1) is 0 Å². The molecule has 0 aliphatic carbocycles. The number of hydrogen-bond donors (Lipinski definition) is 3.